The van der Waals surface area contributed by atoms with Crippen LogP contribution in [-0.2, 0) is 7.05 Å². The molecule has 3 fully saturated rings. The van der Waals surface area contributed by atoms with Crippen LogP contribution < -0.4 is 10.6 Å². The number of aromatic hydroxyl groups is 1. The number of phenolic OH excluding ortho intramolecular Hbond substituents is 1. The Labute approximate surface area is 208 Å². The third kappa shape index (κ3) is 2.87. The van der Waals surface area contributed by atoms with E-state index in [2.05, 4.69) is 46.0 Å². The first-order valence-electron chi connectivity index (χ1n) is 12.2. The molecule has 1 saturated carbocycles. The van der Waals surface area contributed by atoms with Gasteiger partial charge in [-0.3, -0.25) is 9.47 Å². The third-order valence-electron chi connectivity index (χ3n) is 9.34. The van der Waals surface area contributed by atoms with Crippen LogP contribution in [0.25, 0.3) is 22.6 Å². The largest absolute Gasteiger partial charge is 0.507 e. The summed E-state index contributed by atoms with van der Waals surface area (Å²) in [6.45, 7) is 4.31. The molecule has 10 heteroatoms. The molecule has 0 radical (unpaired) electrons. The summed E-state index contributed by atoms with van der Waals surface area (Å²) in [6.07, 6.45) is 4.04. The van der Waals surface area contributed by atoms with Crippen molar-refractivity contribution in [1.82, 2.24) is 29.6 Å². The molecular weight excluding hydrogens is 461 g/mol. The highest BCUT2D eigenvalue weighted by Gasteiger charge is 2.86. The Morgan fingerprint density at radius 1 is 1.17 bits per heavy atom. The number of fused-ring (bicyclic) bond motifs is 2. The van der Waals surface area contributed by atoms with E-state index in [1.807, 2.05) is 18.0 Å². The van der Waals surface area contributed by atoms with Crippen molar-refractivity contribution in [2.45, 2.75) is 55.9 Å². The number of alkyl halides is 1. The minimum absolute atomic E-state index is 0.0246. The lowest BCUT2D eigenvalue weighted by Crippen LogP contribution is -2.64. The number of rotatable bonds is 4. The first-order chi connectivity index (χ1) is 17.0. The normalized spacial score (nSPS) is 32.8. The van der Waals surface area contributed by atoms with E-state index in [1.165, 1.54) is 17.0 Å². The molecule has 4 heterocycles. The molecule has 6 rings (SSSR count). The number of nitrogens with zero attached hydrogens (tertiary/aromatic N) is 7. The molecule has 36 heavy (non-hydrogen) atoms. The van der Waals surface area contributed by atoms with Crippen molar-refractivity contribution >= 4 is 5.82 Å². The minimum atomic E-state index is -1.28. The van der Waals surface area contributed by atoms with E-state index in [-0.39, 0.29) is 29.1 Å². The highest BCUT2D eigenvalue weighted by atomic mass is 19.1. The third-order valence-corrected chi connectivity index (χ3v) is 9.34. The second kappa shape index (κ2) is 7.32. The van der Waals surface area contributed by atoms with Gasteiger partial charge in [-0.25, -0.2) is 14.2 Å². The predicted octanol–water partition coefficient (Wildman–Crippen LogP) is 2.79. The van der Waals surface area contributed by atoms with Crippen molar-refractivity contribution in [2.24, 2.45) is 13.0 Å². The van der Waals surface area contributed by atoms with Crippen LogP contribution in [0.1, 0.15) is 33.1 Å². The van der Waals surface area contributed by atoms with Crippen molar-refractivity contribution in [3.05, 3.63) is 47.1 Å². The van der Waals surface area contributed by atoms with Gasteiger partial charge in [0.1, 0.15) is 12.1 Å². The van der Waals surface area contributed by atoms with E-state index in [0.717, 1.165) is 19.3 Å². The number of anilines is 1. The van der Waals surface area contributed by atoms with Gasteiger partial charge in [-0.05, 0) is 64.4 Å². The molecule has 188 valence electrons. The molecule has 2 aliphatic heterocycles. The van der Waals surface area contributed by atoms with Crippen LogP contribution >= 0.6 is 0 Å². The van der Waals surface area contributed by atoms with Crippen LogP contribution in [0.3, 0.4) is 0 Å². The van der Waals surface area contributed by atoms with E-state index in [0.29, 0.717) is 22.6 Å². The van der Waals surface area contributed by atoms with Gasteiger partial charge in [0, 0.05) is 36.7 Å². The summed E-state index contributed by atoms with van der Waals surface area (Å²) in [6, 6.07) is 8.25. The SMILES string of the molecule is CN(c1ccc(-c2ccc(-c3ncn(C)c(=O)n3)cc2O)nn1)[C@@H]1C[C@@]2(C)CCC3[C@@]1(F)[C@@]3(C)N2C. The number of aromatic nitrogens is 5. The second-order valence-corrected chi connectivity index (χ2v) is 11.0. The van der Waals surface area contributed by atoms with E-state index < -0.39 is 16.9 Å². The summed E-state index contributed by atoms with van der Waals surface area (Å²) in [5.41, 5.74) is -0.684. The standard InChI is InChI=1S/C26H30FN7O2/c1-24-11-10-19-25(2,34(24)5)26(19,27)20(13-24)33(4)21-9-8-17(30-31-21)16-7-6-15(12-18(16)35)22-28-14-32(3)23(36)29-22/h6-9,12,14,19-20,35H,10-11,13H2,1-5H3/t19?,20-,24-,25+,26+/m1/s1. The number of benzene rings is 1. The van der Waals surface area contributed by atoms with Crippen LogP contribution in [-0.4, -0.2) is 71.6 Å². The summed E-state index contributed by atoms with van der Waals surface area (Å²) in [7, 11) is 5.54. The van der Waals surface area contributed by atoms with Gasteiger partial charge in [0.05, 0.1) is 17.3 Å². The van der Waals surface area contributed by atoms with Crippen molar-refractivity contribution in [1.29, 1.82) is 0 Å². The zero-order valence-electron chi connectivity index (χ0n) is 21.1. The Balaban J connectivity index is 1.26. The second-order valence-electron chi connectivity index (χ2n) is 11.0. The van der Waals surface area contributed by atoms with Gasteiger partial charge in [-0.15, -0.1) is 10.2 Å². The number of phenols is 1. The number of piperidine rings is 2. The minimum Gasteiger partial charge on any atom is -0.507 e. The summed E-state index contributed by atoms with van der Waals surface area (Å²) in [5.74, 6) is 0.848. The Bertz CT molecular complexity index is 1430. The predicted molar refractivity (Wildman–Crippen MR) is 133 cm³/mol. The van der Waals surface area contributed by atoms with Gasteiger partial charge < -0.3 is 10.0 Å². The Morgan fingerprint density at radius 2 is 1.94 bits per heavy atom. The number of halogens is 1. The molecule has 2 bridgehead atoms. The molecular formula is C26H30FN7O2. The molecule has 0 amide bonds. The first-order valence-corrected chi connectivity index (χ1v) is 12.2. The average molecular weight is 492 g/mol. The highest BCUT2D eigenvalue weighted by Crippen LogP contribution is 2.73. The molecule has 3 aromatic rings. The van der Waals surface area contributed by atoms with E-state index >= 15 is 4.39 Å². The summed E-state index contributed by atoms with van der Waals surface area (Å²) < 4.78 is 17.7. The zero-order chi connectivity index (χ0) is 25.6. The number of aryl methyl sites for hydroxylation is 1. The van der Waals surface area contributed by atoms with Crippen LogP contribution in [0, 0.1) is 5.92 Å². The first kappa shape index (κ1) is 23.0. The molecule has 9 nitrogen and oxygen atoms in total. The molecule has 1 aromatic carbocycles. The van der Waals surface area contributed by atoms with Crippen molar-refractivity contribution in [3.8, 4) is 28.4 Å². The molecule has 3 aliphatic rings. The lowest BCUT2D eigenvalue weighted by molar-refractivity contribution is -0.0305. The molecule has 1 aliphatic carbocycles. The van der Waals surface area contributed by atoms with Crippen molar-refractivity contribution < 1.29 is 9.50 Å². The Morgan fingerprint density at radius 3 is 2.61 bits per heavy atom. The zero-order valence-corrected chi connectivity index (χ0v) is 21.1. The fraction of sp³-hybridized carbons (Fsp3) is 0.500. The van der Waals surface area contributed by atoms with Crippen LogP contribution in [0.5, 0.6) is 5.75 Å². The van der Waals surface area contributed by atoms with Crippen LogP contribution in [0.15, 0.2) is 41.5 Å². The highest BCUT2D eigenvalue weighted by molar-refractivity contribution is 5.72. The fourth-order valence-corrected chi connectivity index (χ4v) is 6.87. The molecule has 1 N–H and O–H groups in total. The lowest BCUT2D eigenvalue weighted by atomic mass is 9.78. The van der Waals surface area contributed by atoms with Crippen LogP contribution in [0.4, 0.5) is 10.2 Å². The molecule has 5 atom stereocenters. The molecule has 2 aromatic heterocycles. The average Bonchev–Trinajstić information content (AvgIpc) is 3.42. The quantitative estimate of drug-likeness (QED) is 0.595. The van der Waals surface area contributed by atoms with E-state index in [4.69, 9.17) is 0 Å². The molecule has 2 saturated heterocycles. The van der Waals surface area contributed by atoms with E-state index in [9.17, 15) is 9.90 Å². The molecule has 0 spiro atoms. The van der Waals surface area contributed by atoms with Crippen molar-refractivity contribution in [2.75, 3.05) is 19.0 Å². The molecule has 1 unspecified atom stereocenters. The summed E-state index contributed by atoms with van der Waals surface area (Å²) in [4.78, 5) is 24.1. The van der Waals surface area contributed by atoms with Crippen molar-refractivity contribution in [3.63, 3.8) is 0 Å². The Hall–Kier alpha value is -3.40. The summed E-state index contributed by atoms with van der Waals surface area (Å²) >= 11 is 0. The van der Waals surface area contributed by atoms with E-state index in [1.54, 1.807) is 25.2 Å². The maximum atomic E-state index is 16.5. The van der Waals surface area contributed by atoms with Gasteiger partial charge in [-0.1, -0.05) is 6.07 Å². The maximum Gasteiger partial charge on any atom is 0.350 e. The monoisotopic (exact) mass is 491 g/mol. The van der Waals surface area contributed by atoms with Gasteiger partial charge in [0.2, 0.25) is 0 Å². The van der Waals surface area contributed by atoms with Gasteiger partial charge >= 0.3 is 5.69 Å². The fourth-order valence-electron chi connectivity index (χ4n) is 6.87. The smallest absolute Gasteiger partial charge is 0.350 e. The summed E-state index contributed by atoms with van der Waals surface area (Å²) in [5, 5.41) is 19.4. The van der Waals surface area contributed by atoms with Gasteiger partial charge in [0.15, 0.2) is 17.3 Å². The number of hydrogen-bond acceptors (Lipinski definition) is 8. The van der Waals surface area contributed by atoms with Crippen LogP contribution in [0.2, 0.25) is 0 Å². The van der Waals surface area contributed by atoms with Gasteiger partial charge in [-0.2, -0.15) is 4.98 Å². The maximum absolute atomic E-state index is 16.5. The number of hydrogen-bond donors (Lipinski definition) is 1. The lowest BCUT2D eigenvalue weighted by Gasteiger charge is -2.53. The topological polar surface area (TPSA) is 100 Å². The van der Waals surface area contributed by atoms with Gasteiger partial charge in [0.25, 0.3) is 0 Å². The Kier molecular flexibility index (Phi) is 4.68.